The molecular formula is C24H18ClF3N4O2. The van der Waals surface area contributed by atoms with Crippen LogP contribution in [-0.4, -0.2) is 27.4 Å². The number of pyridine rings is 1. The predicted octanol–water partition coefficient (Wildman–Crippen LogP) is 5.75. The highest BCUT2D eigenvalue weighted by molar-refractivity contribution is 6.30. The molecule has 34 heavy (non-hydrogen) atoms. The minimum atomic E-state index is -3.35. The average molecular weight is 487 g/mol. The molecule has 0 aliphatic rings. The summed E-state index contributed by atoms with van der Waals surface area (Å²) >= 11 is 5.80. The molecule has 0 radical (unpaired) electrons. The second-order valence-corrected chi connectivity index (χ2v) is 7.99. The summed E-state index contributed by atoms with van der Waals surface area (Å²) in [6, 6.07) is 8.65. The molecule has 2 heterocycles. The Morgan fingerprint density at radius 3 is 2.62 bits per heavy atom. The normalized spacial score (nSPS) is 11.5. The van der Waals surface area contributed by atoms with Gasteiger partial charge in [-0.15, -0.1) is 0 Å². The minimum absolute atomic E-state index is 0.00905. The zero-order chi connectivity index (χ0) is 24.5. The van der Waals surface area contributed by atoms with Gasteiger partial charge >= 0.3 is 0 Å². The molecule has 0 aliphatic heterocycles. The SMILES string of the molecule is Cc1ccc(C(F)(F)CNC(=O)c2c(Oc3cccc(Cl)c3F)cnc3nccnc23)c(C)c1. The lowest BCUT2D eigenvalue weighted by Gasteiger charge is -2.20. The molecule has 4 rings (SSSR count). The maximum atomic E-state index is 14.9. The molecule has 0 saturated carbocycles. The number of carbonyl (C=O) groups is 1. The maximum Gasteiger partial charge on any atom is 0.290 e. The van der Waals surface area contributed by atoms with Crippen molar-refractivity contribution >= 4 is 28.7 Å². The van der Waals surface area contributed by atoms with Crippen LogP contribution in [0.15, 0.2) is 55.0 Å². The van der Waals surface area contributed by atoms with Gasteiger partial charge in [-0.2, -0.15) is 8.78 Å². The molecule has 1 N–H and O–H groups in total. The number of fused-ring (bicyclic) bond motifs is 1. The van der Waals surface area contributed by atoms with Crippen molar-refractivity contribution in [2.24, 2.45) is 0 Å². The highest BCUT2D eigenvalue weighted by Crippen LogP contribution is 2.34. The second-order valence-electron chi connectivity index (χ2n) is 7.59. The first-order valence-corrected chi connectivity index (χ1v) is 10.5. The number of alkyl halides is 2. The minimum Gasteiger partial charge on any atom is -0.452 e. The van der Waals surface area contributed by atoms with Crippen LogP contribution < -0.4 is 10.1 Å². The fourth-order valence-electron chi connectivity index (χ4n) is 3.48. The Balaban J connectivity index is 1.68. The van der Waals surface area contributed by atoms with Crippen LogP contribution in [0.2, 0.25) is 5.02 Å². The van der Waals surface area contributed by atoms with Gasteiger partial charge < -0.3 is 10.1 Å². The molecule has 174 valence electrons. The van der Waals surface area contributed by atoms with Gasteiger partial charge in [0.25, 0.3) is 11.8 Å². The van der Waals surface area contributed by atoms with E-state index in [1.54, 1.807) is 26.0 Å². The van der Waals surface area contributed by atoms with Gasteiger partial charge in [-0.25, -0.2) is 14.4 Å². The first-order valence-electron chi connectivity index (χ1n) is 10.1. The highest BCUT2D eigenvalue weighted by atomic mass is 35.5. The van der Waals surface area contributed by atoms with Crippen molar-refractivity contribution in [2.45, 2.75) is 19.8 Å². The zero-order valence-electron chi connectivity index (χ0n) is 18.1. The smallest absolute Gasteiger partial charge is 0.290 e. The predicted molar refractivity (Wildman–Crippen MR) is 121 cm³/mol. The van der Waals surface area contributed by atoms with Crippen molar-refractivity contribution < 1.29 is 22.7 Å². The van der Waals surface area contributed by atoms with Gasteiger partial charge in [0.15, 0.2) is 23.0 Å². The number of benzene rings is 2. The van der Waals surface area contributed by atoms with Crippen LogP contribution in [0.4, 0.5) is 13.2 Å². The van der Waals surface area contributed by atoms with Crippen LogP contribution in [0, 0.1) is 19.7 Å². The summed E-state index contributed by atoms with van der Waals surface area (Å²) in [5, 5.41) is 2.05. The van der Waals surface area contributed by atoms with Crippen molar-refractivity contribution in [3.8, 4) is 11.5 Å². The van der Waals surface area contributed by atoms with Gasteiger partial charge in [0.2, 0.25) is 0 Å². The van der Waals surface area contributed by atoms with E-state index < -0.39 is 24.2 Å². The first kappa shape index (κ1) is 23.4. The first-order chi connectivity index (χ1) is 16.2. The second kappa shape index (κ2) is 9.26. The molecule has 0 aliphatic carbocycles. The third kappa shape index (κ3) is 4.65. The molecule has 0 unspecified atom stereocenters. The number of hydrogen-bond acceptors (Lipinski definition) is 5. The highest BCUT2D eigenvalue weighted by Gasteiger charge is 2.34. The van der Waals surface area contributed by atoms with Crippen LogP contribution in [0.5, 0.6) is 11.5 Å². The molecule has 10 heteroatoms. The number of rotatable bonds is 6. The Hall–Kier alpha value is -3.72. The zero-order valence-corrected chi connectivity index (χ0v) is 18.8. The Morgan fingerprint density at radius 1 is 1.09 bits per heavy atom. The Labute approximate surface area is 197 Å². The van der Waals surface area contributed by atoms with E-state index in [0.717, 1.165) is 11.8 Å². The number of aryl methyl sites for hydroxylation is 2. The summed E-state index contributed by atoms with van der Waals surface area (Å²) in [4.78, 5) is 25.3. The summed E-state index contributed by atoms with van der Waals surface area (Å²) < 4.78 is 49.8. The number of carbonyl (C=O) groups excluding carboxylic acids is 1. The van der Waals surface area contributed by atoms with Crippen LogP contribution in [0.3, 0.4) is 0 Å². The number of ether oxygens (including phenoxy) is 1. The average Bonchev–Trinajstić information content (AvgIpc) is 2.80. The summed E-state index contributed by atoms with van der Waals surface area (Å²) in [5.41, 5.74) is 0.935. The van der Waals surface area contributed by atoms with Crippen molar-refractivity contribution in [1.82, 2.24) is 20.3 Å². The van der Waals surface area contributed by atoms with E-state index in [9.17, 15) is 18.0 Å². The van der Waals surface area contributed by atoms with Gasteiger partial charge in [-0.05, 0) is 31.5 Å². The van der Waals surface area contributed by atoms with Crippen LogP contribution in [-0.2, 0) is 5.92 Å². The van der Waals surface area contributed by atoms with Gasteiger partial charge in [-0.3, -0.25) is 9.78 Å². The molecule has 4 aromatic rings. The van der Waals surface area contributed by atoms with E-state index in [1.807, 2.05) is 0 Å². The topological polar surface area (TPSA) is 77.0 Å². The molecule has 1 amide bonds. The quantitative estimate of drug-likeness (QED) is 0.375. The third-order valence-corrected chi connectivity index (χ3v) is 5.37. The van der Waals surface area contributed by atoms with Crippen molar-refractivity contribution in [1.29, 1.82) is 0 Å². The monoisotopic (exact) mass is 486 g/mol. The fourth-order valence-corrected chi connectivity index (χ4v) is 3.65. The van der Waals surface area contributed by atoms with Crippen molar-refractivity contribution in [2.75, 3.05) is 6.54 Å². The molecule has 0 spiro atoms. The summed E-state index contributed by atoms with van der Waals surface area (Å²) in [5.74, 6) is -5.57. The Bertz CT molecular complexity index is 1400. The largest absolute Gasteiger partial charge is 0.452 e. The van der Waals surface area contributed by atoms with E-state index in [1.165, 1.54) is 36.7 Å². The number of halogens is 4. The number of nitrogens with one attached hydrogen (secondary N) is 1. The molecular weight excluding hydrogens is 469 g/mol. The number of hydrogen-bond donors (Lipinski definition) is 1. The molecule has 0 atom stereocenters. The van der Waals surface area contributed by atoms with Crippen molar-refractivity contribution in [3.63, 3.8) is 0 Å². The van der Waals surface area contributed by atoms with Gasteiger partial charge in [-0.1, -0.05) is 41.4 Å². The molecule has 0 fully saturated rings. The summed E-state index contributed by atoms with van der Waals surface area (Å²) in [7, 11) is 0. The van der Waals surface area contributed by atoms with E-state index in [0.29, 0.717) is 5.56 Å². The number of amides is 1. The van der Waals surface area contributed by atoms with Gasteiger partial charge in [0, 0.05) is 18.0 Å². The summed E-state index contributed by atoms with van der Waals surface area (Å²) in [6.07, 6.45) is 3.83. The Morgan fingerprint density at radius 2 is 1.85 bits per heavy atom. The lowest BCUT2D eigenvalue weighted by atomic mass is 10.00. The number of aromatic nitrogens is 3. The summed E-state index contributed by atoms with van der Waals surface area (Å²) in [6.45, 7) is 2.40. The standard InChI is InChI=1S/C24H18ClF3N4O2/c1-13-6-7-15(14(2)10-13)24(27,28)12-32-23(33)19-18(11-31-22-21(19)29-8-9-30-22)34-17-5-3-4-16(25)20(17)26/h3-11H,12H2,1-2H3,(H,32,33). The van der Waals surface area contributed by atoms with E-state index in [4.69, 9.17) is 16.3 Å². The lowest BCUT2D eigenvalue weighted by Crippen LogP contribution is -2.35. The van der Waals surface area contributed by atoms with E-state index >= 15 is 0 Å². The van der Waals surface area contributed by atoms with Gasteiger partial charge in [0.1, 0.15) is 11.1 Å². The van der Waals surface area contributed by atoms with E-state index in [2.05, 4.69) is 20.3 Å². The van der Waals surface area contributed by atoms with Crippen LogP contribution >= 0.6 is 11.6 Å². The Kier molecular flexibility index (Phi) is 6.39. The third-order valence-electron chi connectivity index (χ3n) is 5.08. The van der Waals surface area contributed by atoms with Crippen LogP contribution in [0.1, 0.15) is 27.0 Å². The fraction of sp³-hybridized carbons (Fsp3) is 0.167. The molecule has 0 saturated heterocycles. The van der Waals surface area contributed by atoms with Crippen molar-refractivity contribution in [3.05, 3.63) is 88.1 Å². The van der Waals surface area contributed by atoms with Crippen LogP contribution in [0.25, 0.3) is 11.2 Å². The molecule has 6 nitrogen and oxygen atoms in total. The van der Waals surface area contributed by atoms with Gasteiger partial charge in [0.05, 0.1) is 17.8 Å². The number of nitrogens with zero attached hydrogens (tertiary/aromatic N) is 3. The molecule has 2 aromatic heterocycles. The lowest BCUT2D eigenvalue weighted by molar-refractivity contribution is -0.00308. The molecule has 0 bridgehead atoms. The maximum absolute atomic E-state index is 14.9. The molecule has 2 aromatic carbocycles. The van der Waals surface area contributed by atoms with E-state index in [-0.39, 0.29) is 38.8 Å².